The molecule has 1 aliphatic heterocycles. The lowest BCUT2D eigenvalue weighted by atomic mass is 9.98. The molecule has 0 saturated carbocycles. The first-order valence-corrected chi connectivity index (χ1v) is 10.2. The second kappa shape index (κ2) is 9.30. The molecule has 0 amide bonds. The van der Waals surface area contributed by atoms with Gasteiger partial charge in [0.05, 0.1) is 13.7 Å². The highest BCUT2D eigenvalue weighted by molar-refractivity contribution is 5.39. The molecule has 0 unspecified atom stereocenters. The topological polar surface area (TPSA) is 147 Å². The van der Waals surface area contributed by atoms with E-state index in [9.17, 15) is 29.9 Å². The van der Waals surface area contributed by atoms with Crippen LogP contribution in [-0.4, -0.2) is 79.4 Å². The number of ether oxygens (including phenoxy) is 3. The number of methoxy groups -OCH3 is 1. The summed E-state index contributed by atoms with van der Waals surface area (Å²) in [6.07, 6.45) is -6.97. The van der Waals surface area contributed by atoms with E-state index in [1.807, 2.05) is 13.8 Å². The summed E-state index contributed by atoms with van der Waals surface area (Å²) in [5, 5.41) is 54.8. The molecule has 0 bridgehead atoms. The summed E-state index contributed by atoms with van der Waals surface area (Å²) in [5.74, 6) is -3.14. The molecular formula is C21H29FN2O8. The van der Waals surface area contributed by atoms with E-state index < -0.39 is 42.8 Å². The minimum absolute atomic E-state index is 0.0322. The zero-order valence-electron chi connectivity index (χ0n) is 18.3. The van der Waals surface area contributed by atoms with Crippen LogP contribution in [-0.2, 0) is 11.2 Å². The third-order valence-electron chi connectivity index (χ3n) is 5.52. The molecule has 3 rings (SSSR count). The molecule has 1 aromatic carbocycles. The van der Waals surface area contributed by atoms with E-state index >= 15 is 0 Å². The van der Waals surface area contributed by atoms with Crippen molar-refractivity contribution in [1.29, 1.82) is 0 Å². The molecular weight excluding hydrogens is 427 g/mol. The van der Waals surface area contributed by atoms with Gasteiger partial charge in [-0.25, -0.2) is 4.39 Å². The first-order chi connectivity index (χ1) is 15.0. The van der Waals surface area contributed by atoms with Crippen molar-refractivity contribution < 1.29 is 44.1 Å². The lowest BCUT2D eigenvalue weighted by molar-refractivity contribution is -0.423. The van der Waals surface area contributed by atoms with Crippen LogP contribution in [0.4, 0.5) is 4.39 Å². The molecule has 1 fully saturated rings. The van der Waals surface area contributed by atoms with Gasteiger partial charge in [-0.05, 0) is 32.4 Å². The largest absolute Gasteiger partial charge is 0.497 e. The molecule has 178 valence electrons. The standard InChI is InChI=1S/C21H29FN2O8/c1-10(2)24-11(3)14(7-12-5-6-13(30-4)8-15(12)22)20(23-24)32-21(29)19(28)18(27)17(26)16(9-25)31-21/h5-6,8,10,16-19,25-29H,7,9H2,1-4H3/t16-,17-,18+,19-,21-/m1/s1. The molecule has 10 nitrogen and oxygen atoms in total. The molecule has 2 heterocycles. The Kier molecular flexibility index (Phi) is 7.08. The van der Waals surface area contributed by atoms with Crippen LogP contribution in [0.15, 0.2) is 18.2 Å². The third kappa shape index (κ3) is 4.45. The van der Waals surface area contributed by atoms with Crippen LogP contribution >= 0.6 is 0 Å². The van der Waals surface area contributed by atoms with Crippen molar-refractivity contribution in [2.45, 2.75) is 63.6 Å². The molecule has 32 heavy (non-hydrogen) atoms. The SMILES string of the molecule is COc1ccc(Cc2c(O[C@]3(O)O[C@H](CO)[C@@H](O)[C@H](O)[C@H]3O)nn(C(C)C)c2C)c(F)c1. The van der Waals surface area contributed by atoms with E-state index in [4.69, 9.17) is 14.2 Å². The fraction of sp³-hybridized carbons (Fsp3) is 0.571. The maximum absolute atomic E-state index is 14.6. The number of benzene rings is 1. The monoisotopic (exact) mass is 456 g/mol. The Morgan fingerprint density at radius 2 is 1.94 bits per heavy atom. The van der Waals surface area contributed by atoms with Crippen LogP contribution in [0.5, 0.6) is 11.6 Å². The van der Waals surface area contributed by atoms with Gasteiger partial charge in [0, 0.05) is 29.8 Å². The first-order valence-electron chi connectivity index (χ1n) is 10.2. The Bertz CT molecular complexity index is 950. The summed E-state index contributed by atoms with van der Waals surface area (Å²) >= 11 is 0. The van der Waals surface area contributed by atoms with Gasteiger partial charge in [0.25, 0.3) is 0 Å². The van der Waals surface area contributed by atoms with Gasteiger partial charge >= 0.3 is 5.97 Å². The second-order valence-corrected chi connectivity index (χ2v) is 8.04. The molecule has 5 atom stereocenters. The zero-order chi connectivity index (χ0) is 23.8. The van der Waals surface area contributed by atoms with E-state index in [1.165, 1.54) is 13.2 Å². The number of hydrogen-bond acceptors (Lipinski definition) is 9. The average Bonchev–Trinajstić information content (AvgIpc) is 3.06. The Labute approximate surface area is 184 Å². The van der Waals surface area contributed by atoms with Crippen molar-refractivity contribution in [3.8, 4) is 11.6 Å². The van der Waals surface area contributed by atoms with Crippen LogP contribution < -0.4 is 9.47 Å². The highest BCUT2D eigenvalue weighted by Gasteiger charge is 2.55. The van der Waals surface area contributed by atoms with Crippen molar-refractivity contribution in [3.63, 3.8) is 0 Å². The number of aliphatic hydroxyl groups excluding tert-OH is 4. The first kappa shape index (κ1) is 24.4. The molecule has 0 spiro atoms. The molecule has 11 heteroatoms. The number of aliphatic hydroxyl groups is 5. The molecule has 5 N–H and O–H groups in total. The fourth-order valence-corrected chi connectivity index (χ4v) is 3.65. The van der Waals surface area contributed by atoms with Crippen LogP contribution in [0, 0.1) is 12.7 Å². The quantitative estimate of drug-likeness (QED) is 0.364. The summed E-state index contributed by atoms with van der Waals surface area (Å²) in [7, 11) is 1.43. The highest BCUT2D eigenvalue weighted by Crippen LogP contribution is 2.35. The molecule has 0 radical (unpaired) electrons. The summed E-state index contributed by atoms with van der Waals surface area (Å²) in [5.41, 5.74) is 1.34. The van der Waals surface area contributed by atoms with Gasteiger partial charge < -0.3 is 39.7 Å². The van der Waals surface area contributed by atoms with Crippen molar-refractivity contribution in [2.24, 2.45) is 0 Å². The van der Waals surface area contributed by atoms with Crippen molar-refractivity contribution >= 4 is 0 Å². The molecule has 0 aliphatic carbocycles. The number of halogens is 1. The van der Waals surface area contributed by atoms with Crippen LogP contribution in [0.3, 0.4) is 0 Å². The van der Waals surface area contributed by atoms with Crippen LogP contribution in [0.2, 0.25) is 0 Å². The van der Waals surface area contributed by atoms with E-state index in [1.54, 1.807) is 23.7 Å². The zero-order valence-corrected chi connectivity index (χ0v) is 18.3. The number of rotatable bonds is 7. The Morgan fingerprint density at radius 1 is 1.25 bits per heavy atom. The maximum Gasteiger partial charge on any atom is 0.356 e. The van der Waals surface area contributed by atoms with Gasteiger partial charge in [-0.2, -0.15) is 0 Å². The van der Waals surface area contributed by atoms with Crippen molar-refractivity contribution in [1.82, 2.24) is 9.78 Å². The minimum Gasteiger partial charge on any atom is -0.497 e. The van der Waals surface area contributed by atoms with E-state index in [-0.39, 0.29) is 18.3 Å². The number of hydrogen-bond donors (Lipinski definition) is 5. The van der Waals surface area contributed by atoms with Gasteiger partial charge in [0.2, 0.25) is 5.88 Å². The van der Waals surface area contributed by atoms with E-state index in [2.05, 4.69) is 5.10 Å². The molecule has 1 aromatic heterocycles. The Hall–Kier alpha value is -2.28. The van der Waals surface area contributed by atoms with Gasteiger partial charge in [0.1, 0.15) is 29.9 Å². The second-order valence-electron chi connectivity index (χ2n) is 8.04. The van der Waals surface area contributed by atoms with Gasteiger partial charge in [-0.15, -0.1) is 5.10 Å². The average molecular weight is 456 g/mol. The predicted molar refractivity (Wildman–Crippen MR) is 109 cm³/mol. The Morgan fingerprint density at radius 3 is 2.50 bits per heavy atom. The van der Waals surface area contributed by atoms with Crippen molar-refractivity contribution in [3.05, 3.63) is 40.8 Å². The van der Waals surface area contributed by atoms with Crippen LogP contribution in [0.25, 0.3) is 0 Å². The normalized spacial score (nSPS) is 28.2. The smallest absolute Gasteiger partial charge is 0.356 e. The van der Waals surface area contributed by atoms with E-state index in [0.29, 0.717) is 22.6 Å². The Balaban J connectivity index is 2.00. The van der Waals surface area contributed by atoms with Crippen LogP contribution in [0.1, 0.15) is 36.7 Å². The molecule has 2 aromatic rings. The maximum atomic E-state index is 14.6. The summed E-state index contributed by atoms with van der Waals surface area (Å²) < 4.78 is 31.9. The number of nitrogens with zero attached hydrogens (tertiary/aromatic N) is 2. The molecule has 1 aliphatic rings. The van der Waals surface area contributed by atoms with Crippen molar-refractivity contribution in [2.75, 3.05) is 13.7 Å². The number of aromatic nitrogens is 2. The fourth-order valence-electron chi connectivity index (χ4n) is 3.65. The lowest BCUT2D eigenvalue weighted by Gasteiger charge is -2.43. The predicted octanol–water partition coefficient (Wildman–Crippen LogP) is 0.00962. The van der Waals surface area contributed by atoms with Gasteiger partial charge in [-0.1, -0.05) is 6.07 Å². The van der Waals surface area contributed by atoms with Gasteiger partial charge in [0.15, 0.2) is 6.10 Å². The summed E-state index contributed by atoms with van der Waals surface area (Å²) in [6.45, 7) is 4.72. The highest BCUT2D eigenvalue weighted by atomic mass is 19.1. The lowest BCUT2D eigenvalue weighted by Crippen LogP contribution is -2.67. The third-order valence-corrected chi connectivity index (χ3v) is 5.52. The minimum atomic E-state index is -2.82. The molecule has 1 saturated heterocycles. The van der Waals surface area contributed by atoms with E-state index in [0.717, 1.165) is 0 Å². The van der Waals surface area contributed by atoms with Gasteiger partial charge in [-0.3, -0.25) is 4.68 Å². The summed E-state index contributed by atoms with van der Waals surface area (Å²) in [6, 6.07) is 4.28. The summed E-state index contributed by atoms with van der Waals surface area (Å²) in [4.78, 5) is 0.